The van der Waals surface area contributed by atoms with E-state index in [1.165, 1.54) is 28.9 Å². The number of rotatable bonds is 4. The van der Waals surface area contributed by atoms with Gasteiger partial charge in [-0.2, -0.15) is 0 Å². The number of halogens is 1. The molecule has 1 N–H and O–H groups in total. The number of nitrogens with zero attached hydrogens (tertiary/aromatic N) is 1. The largest absolute Gasteiger partial charge is 0.311 e. The van der Waals surface area contributed by atoms with Gasteiger partial charge >= 0.3 is 0 Å². The van der Waals surface area contributed by atoms with E-state index in [4.69, 9.17) is 0 Å². The van der Waals surface area contributed by atoms with Gasteiger partial charge in [0.25, 0.3) is 0 Å². The third kappa shape index (κ3) is 4.36. The van der Waals surface area contributed by atoms with E-state index in [0.717, 1.165) is 19.0 Å². The van der Waals surface area contributed by atoms with Crippen molar-refractivity contribution in [3.63, 3.8) is 0 Å². The van der Waals surface area contributed by atoms with E-state index in [-0.39, 0.29) is 0 Å². The number of thiophene rings is 1. The minimum absolute atomic E-state index is 0.673. The lowest BCUT2D eigenvalue weighted by Gasteiger charge is -2.34. The van der Waals surface area contributed by atoms with Crippen LogP contribution >= 0.6 is 27.3 Å². The molecular formula is C13H21BrN2S. The number of hydrogen-bond donors (Lipinski definition) is 1. The fourth-order valence-corrected chi connectivity index (χ4v) is 3.91. The molecule has 1 atom stereocenters. The molecule has 0 radical (unpaired) electrons. The number of hydrogen-bond acceptors (Lipinski definition) is 3. The van der Waals surface area contributed by atoms with Crippen molar-refractivity contribution < 1.29 is 0 Å². The molecule has 0 aromatic carbocycles. The van der Waals surface area contributed by atoms with Crippen LogP contribution in [0.15, 0.2) is 15.9 Å². The fourth-order valence-electron chi connectivity index (χ4n) is 2.42. The van der Waals surface area contributed by atoms with Crippen molar-refractivity contribution in [3.05, 3.63) is 20.8 Å². The Morgan fingerprint density at radius 3 is 3.06 bits per heavy atom. The molecule has 2 heterocycles. The molecular weight excluding hydrogens is 296 g/mol. The lowest BCUT2D eigenvalue weighted by Crippen LogP contribution is -2.50. The normalized spacial score (nSPS) is 22.2. The minimum Gasteiger partial charge on any atom is -0.311 e. The van der Waals surface area contributed by atoms with E-state index in [1.54, 1.807) is 0 Å². The molecule has 0 amide bonds. The molecule has 2 rings (SSSR count). The summed E-state index contributed by atoms with van der Waals surface area (Å²) in [7, 11) is 0. The molecule has 4 heteroatoms. The van der Waals surface area contributed by atoms with Gasteiger partial charge in [0.1, 0.15) is 0 Å². The standard InChI is InChI=1S/C13H21BrN2S/c1-10(2)5-12-7-16(4-3-15-12)8-13-6-11(14)9-17-13/h6,9-10,12,15H,3-5,7-8H2,1-2H3. The van der Waals surface area contributed by atoms with Gasteiger partial charge in [-0.3, -0.25) is 4.90 Å². The third-order valence-electron chi connectivity index (χ3n) is 3.10. The Balaban J connectivity index is 1.85. The molecule has 0 aliphatic carbocycles. The molecule has 96 valence electrons. The number of nitrogens with one attached hydrogen (secondary N) is 1. The van der Waals surface area contributed by atoms with Crippen molar-refractivity contribution in [2.45, 2.75) is 32.9 Å². The van der Waals surface area contributed by atoms with E-state index in [0.29, 0.717) is 6.04 Å². The first-order chi connectivity index (χ1) is 8.13. The summed E-state index contributed by atoms with van der Waals surface area (Å²) in [6, 6.07) is 2.91. The Kier molecular flexibility index (Phi) is 5.03. The molecule has 1 fully saturated rings. The van der Waals surface area contributed by atoms with E-state index < -0.39 is 0 Å². The van der Waals surface area contributed by atoms with Crippen LogP contribution in [-0.2, 0) is 6.54 Å². The Morgan fingerprint density at radius 1 is 1.59 bits per heavy atom. The zero-order valence-electron chi connectivity index (χ0n) is 10.6. The molecule has 1 aromatic heterocycles. The van der Waals surface area contributed by atoms with Crippen LogP contribution in [0.1, 0.15) is 25.1 Å². The monoisotopic (exact) mass is 316 g/mol. The van der Waals surface area contributed by atoms with Gasteiger partial charge in [0.15, 0.2) is 0 Å². The van der Waals surface area contributed by atoms with Crippen LogP contribution in [0.25, 0.3) is 0 Å². The quantitative estimate of drug-likeness (QED) is 0.916. The molecule has 1 aliphatic heterocycles. The van der Waals surface area contributed by atoms with Gasteiger partial charge in [0, 0.05) is 47.0 Å². The molecule has 17 heavy (non-hydrogen) atoms. The van der Waals surface area contributed by atoms with Crippen LogP contribution in [0.4, 0.5) is 0 Å². The molecule has 0 bridgehead atoms. The van der Waals surface area contributed by atoms with Crippen LogP contribution in [0.3, 0.4) is 0 Å². The van der Waals surface area contributed by atoms with Crippen molar-refractivity contribution in [1.29, 1.82) is 0 Å². The zero-order valence-corrected chi connectivity index (χ0v) is 13.0. The first-order valence-electron chi connectivity index (χ1n) is 6.32. The predicted molar refractivity (Wildman–Crippen MR) is 78.5 cm³/mol. The second-order valence-electron chi connectivity index (χ2n) is 5.25. The predicted octanol–water partition coefficient (Wildman–Crippen LogP) is 3.33. The van der Waals surface area contributed by atoms with Gasteiger partial charge in [-0.1, -0.05) is 13.8 Å². The Labute approximate surface area is 117 Å². The summed E-state index contributed by atoms with van der Waals surface area (Å²) in [6.45, 7) is 9.20. The Morgan fingerprint density at radius 2 is 2.41 bits per heavy atom. The summed E-state index contributed by atoms with van der Waals surface area (Å²) < 4.78 is 1.21. The first-order valence-corrected chi connectivity index (χ1v) is 7.99. The highest BCUT2D eigenvalue weighted by Crippen LogP contribution is 2.22. The summed E-state index contributed by atoms with van der Waals surface area (Å²) >= 11 is 5.37. The molecule has 1 aromatic rings. The van der Waals surface area contributed by atoms with Crippen LogP contribution in [0.5, 0.6) is 0 Å². The SMILES string of the molecule is CC(C)CC1CN(Cc2cc(Br)cs2)CCN1. The van der Waals surface area contributed by atoms with Gasteiger partial charge in [0.2, 0.25) is 0 Å². The highest BCUT2D eigenvalue weighted by Gasteiger charge is 2.20. The lowest BCUT2D eigenvalue weighted by atomic mass is 10.0. The second-order valence-corrected chi connectivity index (χ2v) is 7.16. The molecule has 1 saturated heterocycles. The van der Waals surface area contributed by atoms with E-state index in [1.807, 2.05) is 11.3 Å². The van der Waals surface area contributed by atoms with E-state index in [2.05, 4.69) is 51.4 Å². The second kappa shape index (κ2) is 6.32. The Bertz CT molecular complexity index is 351. The highest BCUT2D eigenvalue weighted by molar-refractivity contribution is 9.10. The third-order valence-corrected chi connectivity index (χ3v) is 4.78. The first kappa shape index (κ1) is 13.5. The van der Waals surface area contributed by atoms with Gasteiger partial charge in [-0.05, 0) is 34.3 Å². The topological polar surface area (TPSA) is 15.3 Å². The molecule has 0 spiro atoms. The zero-order chi connectivity index (χ0) is 12.3. The summed E-state index contributed by atoms with van der Waals surface area (Å²) in [5, 5.41) is 5.79. The lowest BCUT2D eigenvalue weighted by molar-refractivity contribution is 0.181. The van der Waals surface area contributed by atoms with Crippen molar-refractivity contribution in [1.82, 2.24) is 10.2 Å². The van der Waals surface area contributed by atoms with Gasteiger partial charge in [0.05, 0.1) is 0 Å². The molecule has 0 saturated carbocycles. The summed E-state index contributed by atoms with van der Waals surface area (Å²) in [5.74, 6) is 0.781. The maximum Gasteiger partial charge on any atom is 0.0329 e. The van der Waals surface area contributed by atoms with Crippen LogP contribution in [0.2, 0.25) is 0 Å². The van der Waals surface area contributed by atoms with Crippen LogP contribution in [0, 0.1) is 5.92 Å². The van der Waals surface area contributed by atoms with Crippen molar-refractivity contribution >= 4 is 27.3 Å². The highest BCUT2D eigenvalue weighted by atomic mass is 79.9. The number of piperazine rings is 1. The average Bonchev–Trinajstić information content (AvgIpc) is 2.63. The van der Waals surface area contributed by atoms with Gasteiger partial charge in [-0.15, -0.1) is 11.3 Å². The van der Waals surface area contributed by atoms with Crippen molar-refractivity contribution in [3.8, 4) is 0 Å². The van der Waals surface area contributed by atoms with Crippen LogP contribution in [-0.4, -0.2) is 30.6 Å². The summed E-state index contributed by atoms with van der Waals surface area (Å²) in [4.78, 5) is 4.03. The van der Waals surface area contributed by atoms with Crippen LogP contribution < -0.4 is 5.32 Å². The summed E-state index contributed by atoms with van der Waals surface area (Å²) in [5.41, 5.74) is 0. The fraction of sp³-hybridized carbons (Fsp3) is 0.692. The van der Waals surface area contributed by atoms with Gasteiger partial charge in [-0.25, -0.2) is 0 Å². The maximum absolute atomic E-state index is 3.62. The molecule has 1 aliphatic rings. The Hall–Kier alpha value is 0.1000. The van der Waals surface area contributed by atoms with Crippen molar-refractivity contribution in [2.75, 3.05) is 19.6 Å². The molecule has 2 nitrogen and oxygen atoms in total. The smallest absolute Gasteiger partial charge is 0.0329 e. The van der Waals surface area contributed by atoms with E-state index in [9.17, 15) is 0 Å². The molecule has 1 unspecified atom stereocenters. The average molecular weight is 317 g/mol. The minimum atomic E-state index is 0.673. The summed E-state index contributed by atoms with van der Waals surface area (Å²) in [6.07, 6.45) is 1.28. The van der Waals surface area contributed by atoms with Gasteiger partial charge < -0.3 is 5.32 Å². The maximum atomic E-state index is 3.62. The van der Waals surface area contributed by atoms with Crippen molar-refractivity contribution in [2.24, 2.45) is 5.92 Å². The van der Waals surface area contributed by atoms with E-state index >= 15 is 0 Å².